The van der Waals surface area contributed by atoms with Crippen molar-refractivity contribution in [2.75, 3.05) is 25.0 Å². The Kier molecular flexibility index (Phi) is 5.09. The van der Waals surface area contributed by atoms with Crippen molar-refractivity contribution in [2.45, 2.75) is 19.3 Å². The van der Waals surface area contributed by atoms with E-state index in [-0.39, 0.29) is 11.8 Å². The van der Waals surface area contributed by atoms with E-state index >= 15 is 0 Å². The largest absolute Gasteiger partial charge is 0.367 e. The molecule has 0 radical (unpaired) electrons. The van der Waals surface area contributed by atoms with Crippen molar-refractivity contribution in [3.8, 4) is 0 Å². The van der Waals surface area contributed by atoms with E-state index in [1.54, 1.807) is 18.6 Å². The lowest BCUT2D eigenvalue weighted by atomic mass is 9.95. The highest BCUT2D eigenvalue weighted by Crippen LogP contribution is 2.30. The van der Waals surface area contributed by atoms with Gasteiger partial charge in [-0.25, -0.2) is 4.98 Å². The number of nitrogens with zero attached hydrogens (tertiary/aromatic N) is 2. The van der Waals surface area contributed by atoms with Gasteiger partial charge in [0.15, 0.2) is 0 Å². The number of carbonyl (C=O) groups excluding carboxylic acids is 1. The second-order valence-electron chi connectivity index (χ2n) is 4.84. The number of hydrogen-bond acceptors (Lipinski definition) is 5. The summed E-state index contributed by atoms with van der Waals surface area (Å²) >= 11 is 0. The van der Waals surface area contributed by atoms with E-state index in [9.17, 15) is 4.79 Å². The van der Waals surface area contributed by atoms with Crippen LogP contribution in [0.2, 0.25) is 0 Å². The predicted octanol–water partition coefficient (Wildman–Crippen LogP) is 0.380. The Labute approximate surface area is 113 Å². The van der Waals surface area contributed by atoms with Gasteiger partial charge in [0.05, 0.1) is 6.20 Å². The number of carbonyl (C=O) groups is 1. The van der Waals surface area contributed by atoms with Crippen molar-refractivity contribution in [2.24, 2.45) is 17.6 Å². The Morgan fingerprint density at radius 2 is 2.26 bits per heavy atom. The highest BCUT2D eigenvalue weighted by Gasteiger charge is 2.31. The minimum absolute atomic E-state index is 0.0986. The summed E-state index contributed by atoms with van der Waals surface area (Å²) in [4.78, 5) is 20.1. The molecule has 0 bridgehead atoms. The molecule has 1 aromatic heterocycles. The third kappa shape index (κ3) is 3.89. The van der Waals surface area contributed by atoms with E-state index in [1.807, 2.05) is 0 Å². The average Bonchev–Trinajstić information content (AvgIpc) is 2.93. The first-order valence-electron chi connectivity index (χ1n) is 6.79. The van der Waals surface area contributed by atoms with Gasteiger partial charge in [-0.05, 0) is 25.3 Å². The van der Waals surface area contributed by atoms with Crippen LogP contribution in [0, 0.1) is 11.8 Å². The first-order chi connectivity index (χ1) is 9.31. The van der Waals surface area contributed by atoms with Crippen LogP contribution in [0.5, 0.6) is 0 Å². The molecule has 1 aromatic rings. The van der Waals surface area contributed by atoms with Crippen LogP contribution in [0.4, 0.5) is 5.82 Å². The zero-order valence-electron chi connectivity index (χ0n) is 11.0. The Balaban J connectivity index is 1.67. The number of nitrogens with two attached hydrogens (primary N) is 1. The van der Waals surface area contributed by atoms with Gasteiger partial charge < -0.3 is 16.4 Å². The number of rotatable bonds is 6. The summed E-state index contributed by atoms with van der Waals surface area (Å²) in [7, 11) is 0. The van der Waals surface area contributed by atoms with Crippen molar-refractivity contribution in [1.82, 2.24) is 15.3 Å². The second-order valence-corrected chi connectivity index (χ2v) is 4.84. The van der Waals surface area contributed by atoms with Gasteiger partial charge in [0.1, 0.15) is 5.82 Å². The van der Waals surface area contributed by atoms with Gasteiger partial charge in [0.2, 0.25) is 5.91 Å². The van der Waals surface area contributed by atoms with Gasteiger partial charge in [0.25, 0.3) is 0 Å². The van der Waals surface area contributed by atoms with E-state index in [1.165, 1.54) is 0 Å². The summed E-state index contributed by atoms with van der Waals surface area (Å²) in [6, 6.07) is 0. The lowest BCUT2D eigenvalue weighted by Crippen LogP contribution is -2.37. The molecule has 1 aliphatic carbocycles. The van der Waals surface area contributed by atoms with Crippen LogP contribution >= 0.6 is 0 Å². The summed E-state index contributed by atoms with van der Waals surface area (Å²) in [6.07, 6.45) is 8.06. The highest BCUT2D eigenvalue weighted by atomic mass is 16.1. The monoisotopic (exact) mass is 263 g/mol. The Bertz CT molecular complexity index is 397. The first-order valence-corrected chi connectivity index (χ1v) is 6.79. The summed E-state index contributed by atoms with van der Waals surface area (Å²) in [6.45, 7) is 1.84. The lowest BCUT2D eigenvalue weighted by Gasteiger charge is -2.17. The highest BCUT2D eigenvalue weighted by molar-refractivity contribution is 5.79. The Morgan fingerprint density at radius 3 is 3.00 bits per heavy atom. The first kappa shape index (κ1) is 13.7. The Morgan fingerprint density at radius 1 is 1.37 bits per heavy atom. The van der Waals surface area contributed by atoms with E-state index in [4.69, 9.17) is 5.73 Å². The molecule has 6 nitrogen and oxygen atoms in total. The summed E-state index contributed by atoms with van der Waals surface area (Å²) < 4.78 is 0. The van der Waals surface area contributed by atoms with Crippen molar-refractivity contribution in [1.29, 1.82) is 0 Å². The fourth-order valence-corrected chi connectivity index (χ4v) is 2.56. The van der Waals surface area contributed by atoms with Crippen LogP contribution in [0.3, 0.4) is 0 Å². The lowest BCUT2D eigenvalue weighted by molar-refractivity contribution is -0.125. The normalized spacial score (nSPS) is 22.2. The summed E-state index contributed by atoms with van der Waals surface area (Å²) in [5.74, 6) is 1.31. The van der Waals surface area contributed by atoms with Gasteiger partial charge in [0, 0.05) is 31.4 Å². The SMILES string of the molecule is NC[C@H]1CCC[C@H]1C(=O)NCCNc1cnccn1. The quantitative estimate of drug-likeness (QED) is 0.645. The molecule has 4 N–H and O–H groups in total. The van der Waals surface area contributed by atoms with Crippen molar-refractivity contribution < 1.29 is 4.79 Å². The van der Waals surface area contributed by atoms with Gasteiger partial charge in [-0.1, -0.05) is 6.42 Å². The molecule has 1 fully saturated rings. The molecule has 1 amide bonds. The number of anilines is 1. The molecule has 0 unspecified atom stereocenters. The van der Waals surface area contributed by atoms with Crippen LogP contribution in [-0.2, 0) is 4.79 Å². The molecule has 2 rings (SSSR count). The standard InChI is InChI=1S/C13H21N5O/c14-8-10-2-1-3-11(10)13(19)18-7-6-17-12-9-15-4-5-16-12/h4-5,9-11H,1-3,6-8,14H2,(H,16,17)(H,18,19)/t10-,11-/m1/s1. The van der Waals surface area contributed by atoms with E-state index in [2.05, 4.69) is 20.6 Å². The number of aromatic nitrogens is 2. The average molecular weight is 263 g/mol. The molecule has 6 heteroatoms. The molecular formula is C13H21N5O. The second kappa shape index (κ2) is 7.04. The van der Waals surface area contributed by atoms with Crippen LogP contribution < -0.4 is 16.4 Å². The maximum atomic E-state index is 12.0. The fourth-order valence-electron chi connectivity index (χ4n) is 2.56. The van der Waals surface area contributed by atoms with Gasteiger partial charge in [-0.3, -0.25) is 9.78 Å². The maximum Gasteiger partial charge on any atom is 0.223 e. The molecule has 104 valence electrons. The molecule has 0 aromatic carbocycles. The zero-order chi connectivity index (χ0) is 13.5. The molecule has 0 aliphatic heterocycles. The zero-order valence-corrected chi connectivity index (χ0v) is 11.0. The minimum atomic E-state index is 0.0986. The molecule has 0 saturated heterocycles. The van der Waals surface area contributed by atoms with Crippen LogP contribution in [0.25, 0.3) is 0 Å². The van der Waals surface area contributed by atoms with Crippen LogP contribution in [0.1, 0.15) is 19.3 Å². The van der Waals surface area contributed by atoms with E-state index in [0.717, 1.165) is 25.1 Å². The van der Waals surface area contributed by atoms with E-state index in [0.29, 0.717) is 25.6 Å². The molecule has 2 atom stereocenters. The van der Waals surface area contributed by atoms with Crippen LogP contribution in [0.15, 0.2) is 18.6 Å². The molecule has 0 spiro atoms. The summed E-state index contributed by atoms with van der Waals surface area (Å²) in [5, 5.41) is 6.06. The van der Waals surface area contributed by atoms with Gasteiger partial charge in [-0.15, -0.1) is 0 Å². The summed E-state index contributed by atoms with van der Waals surface area (Å²) in [5.41, 5.74) is 5.69. The van der Waals surface area contributed by atoms with Crippen molar-refractivity contribution in [3.05, 3.63) is 18.6 Å². The smallest absolute Gasteiger partial charge is 0.223 e. The molecule has 1 saturated carbocycles. The van der Waals surface area contributed by atoms with Crippen molar-refractivity contribution >= 4 is 11.7 Å². The fraction of sp³-hybridized carbons (Fsp3) is 0.615. The van der Waals surface area contributed by atoms with Crippen LogP contribution in [-0.4, -0.2) is 35.5 Å². The van der Waals surface area contributed by atoms with E-state index < -0.39 is 0 Å². The number of amides is 1. The third-order valence-corrected chi connectivity index (χ3v) is 3.59. The maximum absolute atomic E-state index is 12.0. The number of hydrogen-bond donors (Lipinski definition) is 3. The molecule has 1 heterocycles. The molecule has 1 aliphatic rings. The predicted molar refractivity (Wildman–Crippen MR) is 73.4 cm³/mol. The Hall–Kier alpha value is -1.69. The topological polar surface area (TPSA) is 92.9 Å². The third-order valence-electron chi connectivity index (χ3n) is 3.59. The van der Waals surface area contributed by atoms with Crippen molar-refractivity contribution in [3.63, 3.8) is 0 Å². The minimum Gasteiger partial charge on any atom is -0.367 e. The van der Waals surface area contributed by atoms with Gasteiger partial charge >= 0.3 is 0 Å². The molecule has 19 heavy (non-hydrogen) atoms. The van der Waals surface area contributed by atoms with Gasteiger partial charge in [-0.2, -0.15) is 0 Å². The number of nitrogens with one attached hydrogen (secondary N) is 2. The molecular weight excluding hydrogens is 242 g/mol.